The molecule has 1 aliphatic heterocycles. The van der Waals surface area contributed by atoms with Gasteiger partial charge in [0.1, 0.15) is 0 Å². The van der Waals surface area contributed by atoms with Crippen molar-refractivity contribution in [1.29, 1.82) is 0 Å². The second-order valence-corrected chi connectivity index (χ2v) is 7.82. The number of benzene rings is 2. The van der Waals surface area contributed by atoms with E-state index in [9.17, 15) is 13.5 Å². The Hall–Kier alpha value is -1.69. The molecule has 1 aliphatic rings. The molecule has 23 heavy (non-hydrogen) atoms. The van der Waals surface area contributed by atoms with Crippen LogP contribution in [0.5, 0.6) is 0 Å². The van der Waals surface area contributed by atoms with E-state index in [2.05, 4.69) is 0 Å². The molecule has 5 heteroatoms. The zero-order valence-electron chi connectivity index (χ0n) is 12.9. The second kappa shape index (κ2) is 6.83. The molecule has 0 saturated carbocycles. The number of hydrogen-bond acceptors (Lipinski definition) is 3. The fraction of sp³-hybridized carbons (Fsp3) is 0.333. The smallest absolute Gasteiger partial charge is 0.243 e. The highest BCUT2D eigenvalue weighted by Crippen LogP contribution is 2.24. The number of sulfonamides is 1. The highest BCUT2D eigenvalue weighted by atomic mass is 32.2. The van der Waals surface area contributed by atoms with Gasteiger partial charge in [0.05, 0.1) is 11.0 Å². The number of aliphatic hydroxyl groups excluding tert-OH is 1. The molecule has 122 valence electrons. The van der Waals surface area contributed by atoms with Gasteiger partial charge in [-0.1, -0.05) is 42.5 Å². The molecule has 0 amide bonds. The summed E-state index contributed by atoms with van der Waals surface area (Å²) in [5.74, 6) is 0. The molecule has 0 aliphatic carbocycles. The second-order valence-electron chi connectivity index (χ2n) is 5.88. The molecule has 1 saturated heterocycles. The van der Waals surface area contributed by atoms with Crippen molar-refractivity contribution < 1.29 is 13.5 Å². The van der Waals surface area contributed by atoms with Crippen molar-refractivity contribution in [2.45, 2.75) is 30.3 Å². The lowest BCUT2D eigenvalue weighted by molar-refractivity contribution is 0.159. The van der Waals surface area contributed by atoms with Gasteiger partial charge >= 0.3 is 0 Å². The SMILES string of the molecule is O=S(=O)(c1ccc(-c2ccccc2)cc1)N1CCCC(O)CC1. The Bertz CT molecular complexity index is 742. The lowest BCUT2D eigenvalue weighted by atomic mass is 10.1. The summed E-state index contributed by atoms with van der Waals surface area (Å²) in [6, 6.07) is 16.9. The summed E-state index contributed by atoms with van der Waals surface area (Å²) in [4.78, 5) is 0.313. The topological polar surface area (TPSA) is 57.6 Å². The fourth-order valence-corrected chi connectivity index (χ4v) is 4.39. The van der Waals surface area contributed by atoms with Gasteiger partial charge in [-0.05, 0) is 42.5 Å². The first-order chi connectivity index (χ1) is 11.1. The van der Waals surface area contributed by atoms with E-state index >= 15 is 0 Å². The minimum Gasteiger partial charge on any atom is -0.393 e. The molecule has 0 aromatic heterocycles. The molecule has 3 rings (SSSR count). The number of hydrogen-bond donors (Lipinski definition) is 1. The molecule has 1 atom stereocenters. The zero-order chi connectivity index (χ0) is 16.3. The van der Waals surface area contributed by atoms with Crippen LogP contribution in [-0.2, 0) is 10.0 Å². The molecular weight excluding hydrogens is 310 g/mol. The van der Waals surface area contributed by atoms with E-state index in [1.807, 2.05) is 42.5 Å². The molecular formula is C18H21NO3S. The maximum Gasteiger partial charge on any atom is 0.243 e. The van der Waals surface area contributed by atoms with Crippen LogP contribution in [0.25, 0.3) is 11.1 Å². The quantitative estimate of drug-likeness (QED) is 0.941. The Balaban J connectivity index is 1.83. The Kier molecular flexibility index (Phi) is 4.80. The first-order valence-electron chi connectivity index (χ1n) is 7.91. The molecule has 2 aromatic rings. The third kappa shape index (κ3) is 3.63. The van der Waals surface area contributed by atoms with E-state index in [-0.39, 0.29) is 0 Å². The standard InChI is InChI=1S/C18H21NO3S/c20-17-7-4-13-19(14-12-17)23(21,22)18-10-8-16(9-11-18)15-5-2-1-3-6-15/h1-3,5-6,8-11,17,20H,4,7,12-14H2. The minimum atomic E-state index is -3.49. The Morgan fingerprint density at radius 2 is 1.52 bits per heavy atom. The third-order valence-electron chi connectivity index (χ3n) is 4.26. The average Bonchev–Trinajstić information content (AvgIpc) is 2.81. The lowest BCUT2D eigenvalue weighted by Crippen LogP contribution is -2.32. The summed E-state index contributed by atoms with van der Waals surface area (Å²) in [6.45, 7) is 0.851. The fourth-order valence-electron chi connectivity index (χ4n) is 2.89. The van der Waals surface area contributed by atoms with Crippen molar-refractivity contribution in [3.05, 3.63) is 54.6 Å². The predicted molar refractivity (Wildman–Crippen MR) is 90.5 cm³/mol. The molecule has 2 aromatic carbocycles. The summed E-state index contributed by atoms with van der Waals surface area (Å²) in [6.07, 6.45) is 1.47. The van der Waals surface area contributed by atoms with Crippen LogP contribution < -0.4 is 0 Å². The maximum atomic E-state index is 12.7. The van der Waals surface area contributed by atoms with Crippen molar-refractivity contribution in [2.24, 2.45) is 0 Å². The van der Waals surface area contributed by atoms with E-state index in [0.29, 0.717) is 37.2 Å². The van der Waals surface area contributed by atoms with Crippen LogP contribution in [0.15, 0.2) is 59.5 Å². The molecule has 1 heterocycles. The van der Waals surface area contributed by atoms with E-state index in [0.717, 1.165) is 11.1 Å². The van der Waals surface area contributed by atoms with E-state index < -0.39 is 16.1 Å². The highest BCUT2D eigenvalue weighted by molar-refractivity contribution is 7.89. The highest BCUT2D eigenvalue weighted by Gasteiger charge is 2.26. The minimum absolute atomic E-state index is 0.313. The van der Waals surface area contributed by atoms with Gasteiger partial charge in [0.25, 0.3) is 0 Å². The predicted octanol–water partition coefficient (Wildman–Crippen LogP) is 2.89. The monoisotopic (exact) mass is 331 g/mol. The zero-order valence-corrected chi connectivity index (χ0v) is 13.7. The molecule has 4 nitrogen and oxygen atoms in total. The largest absolute Gasteiger partial charge is 0.393 e. The summed E-state index contributed by atoms with van der Waals surface area (Å²) in [5, 5.41) is 9.68. The normalized spacial score (nSPS) is 20.1. The van der Waals surface area contributed by atoms with Gasteiger partial charge in [-0.2, -0.15) is 4.31 Å². The number of rotatable bonds is 3. The van der Waals surface area contributed by atoms with Gasteiger partial charge in [0.2, 0.25) is 10.0 Å². The lowest BCUT2D eigenvalue weighted by Gasteiger charge is -2.20. The summed E-state index contributed by atoms with van der Waals surface area (Å²) in [7, 11) is -3.49. The summed E-state index contributed by atoms with van der Waals surface area (Å²) >= 11 is 0. The summed E-state index contributed by atoms with van der Waals surface area (Å²) in [5.41, 5.74) is 2.06. The van der Waals surface area contributed by atoms with Crippen LogP contribution in [0, 0.1) is 0 Å². The number of aliphatic hydroxyl groups is 1. The van der Waals surface area contributed by atoms with Crippen molar-refractivity contribution in [1.82, 2.24) is 4.31 Å². The van der Waals surface area contributed by atoms with Gasteiger partial charge in [-0.15, -0.1) is 0 Å². The van der Waals surface area contributed by atoms with Crippen LogP contribution in [0.4, 0.5) is 0 Å². The first kappa shape index (κ1) is 16.2. The van der Waals surface area contributed by atoms with Gasteiger partial charge in [0.15, 0.2) is 0 Å². The third-order valence-corrected chi connectivity index (χ3v) is 6.17. The van der Waals surface area contributed by atoms with Crippen LogP contribution >= 0.6 is 0 Å². The molecule has 1 N–H and O–H groups in total. The maximum absolute atomic E-state index is 12.7. The molecule has 0 bridgehead atoms. The average molecular weight is 331 g/mol. The van der Waals surface area contributed by atoms with Gasteiger partial charge in [0, 0.05) is 13.1 Å². The number of nitrogens with zero attached hydrogens (tertiary/aromatic N) is 1. The Labute approximate surface area is 137 Å². The van der Waals surface area contributed by atoms with Crippen LogP contribution in [0.3, 0.4) is 0 Å². The molecule has 1 fully saturated rings. The van der Waals surface area contributed by atoms with E-state index in [1.54, 1.807) is 12.1 Å². The summed E-state index contributed by atoms with van der Waals surface area (Å²) < 4.78 is 27.0. The van der Waals surface area contributed by atoms with Crippen LogP contribution in [0.2, 0.25) is 0 Å². The molecule has 0 spiro atoms. The van der Waals surface area contributed by atoms with Crippen molar-refractivity contribution >= 4 is 10.0 Å². The first-order valence-corrected chi connectivity index (χ1v) is 9.35. The van der Waals surface area contributed by atoms with E-state index in [1.165, 1.54) is 4.31 Å². The van der Waals surface area contributed by atoms with Crippen LogP contribution in [0.1, 0.15) is 19.3 Å². The van der Waals surface area contributed by atoms with E-state index in [4.69, 9.17) is 0 Å². The van der Waals surface area contributed by atoms with Crippen LogP contribution in [-0.4, -0.2) is 37.0 Å². The Morgan fingerprint density at radius 3 is 2.22 bits per heavy atom. The molecule has 0 radical (unpaired) electrons. The van der Waals surface area contributed by atoms with Crippen molar-refractivity contribution in [3.63, 3.8) is 0 Å². The van der Waals surface area contributed by atoms with Crippen molar-refractivity contribution in [3.8, 4) is 11.1 Å². The van der Waals surface area contributed by atoms with Gasteiger partial charge in [-0.3, -0.25) is 0 Å². The van der Waals surface area contributed by atoms with Crippen molar-refractivity contribution in [2.75, 3.05) is 13.1 Å². The molecule has 1 unspecified atom stereocenters. The van der Waals surface area contributed by atoms with Gasteiger partial charge in [-0.25, -0.2) is 8.42 Å². The Morgan fingerprint density at radius 1 is 0.870 bits per heavy atom. The van der Waals surface area contributed by atoms with Gasteiger partial charge < -0.3 is 5.11 Å².